The maximum Gasteiger partial charge on any atom is 0.257 e. The van der Waals surface area contributed by atoms with Gasteiger partial charge in [-0.15, -0.1) is 0 Å². The largest absolute Gasteiger partial charge is 0.322 e. The summed E-state index contributed by atoms with van der Waals surface area (Å²) in [6, 6.07) is 7.54. The highest BCUT2D eigenvalue weighted by molar-refractivity contribution is 9.10. The number of sulfonamides is 1. The molecule has 3 N–H and O–H groups in total. The van der Waals surface area contributed by atoms with Crippen LogP contribution in [0.4, 0.5) is 5.69 Å². The lowest BCUT2D eigenvalue weighted by molar-refractivity contribution is 0.102. The number of anilines is 1. The molecule has 0 saturated heterocycles. The molecule has 1 amide bonds. The van der Waals surface area contributed by atoms with Crippen molar-refractivity contribution in [3.05, 3.63) is 52.3 Å². The maximum atomic E-state index is 12.1. The third-order valence-electron chi connectivity index (χ3n) is 2.78. The number of hydrogen-bond donors (Lipinski definition) is 2. The number of aryl methyl sites for hydroxylation is 1. The first kappa shape index (κ1) is 15.6. The molecule has 0 fully saturated rings. The molecular formula is C13H12BrN3O3S. The smallest absolute Gasteiger partial charge is 0.257 e. The summed E-state index contributed by atoms with van der Waals surface area (Å²) in [5.74, 6) is -0.385. The van der Waals surface area contributed by atoms with E-state index in [-0.39, 0.29) is 10.8 Å². The van der Waals surface area contributed by atoms with Gasteiger partial charge in [-0.25, -0.2) is 18.5 Å². The van der Waals surface area contributed by atoms with Gasteiger partial charge in [0.2, 0.25) is 10.0 Å². The molecule has 0 aliphatic carbocycles. The molecule has 0 bridgehead atoms. The van der Waals surface area contributed by atoms with Crippen molar-refractivity contribution in [1.82, 2.24) is 4.98 Å². The number of halogens is 1. The zero-order valence-corrected chi connectivity index (χ0v) is 13.4. The molecule has 8 heteroatoms. The molecule has 0 spiro atoms. The molecule has 1 aromatic carbocycles. The lowest BCUT2D eigenvalue weighted by Crippen LogP contribution is -2.15. The van der Waals surface area contributed by atoms with Crippen molar-refractivity contribution in [3.63, 3.8) is 0 Å². The summed E-state index contributed by atoms with van der Waals surface area (Å²) in [5, 5.41) is 7.72. The second-order valence-electron chi connectivity index (χ2n) is 4.35. The second kappa shape index (κ2) is 5.92. The van der Waals surface area contributed by atoms with Gasteiger partial charge in [0.05, 0.1) is 10.5 Å². The Kier molecular flexibility index (Phi) is 4.40. The SMILES string of the molecule is Cc1ccc(S(N)(=O)=O)cc1NC(=O)c1ccc(Br)nc1. The van der Waals surface area contributed by atoms with E-state index in [9.17, 15) is 13.2 Å². The van der Waals surface area contributed by atoms with Crippen molar-refractivity contribution < 1.29 is 13.2 Å². The fraction of sp³-hybridized carbons (Fsp3) is 0.0769. The second-order valence-corrected chi connectivity index (χ2v) is 6.72. The van der Waals surface area contributed by atoms with Crippen molar-refractivity contribution >= 4 is 37.5 Å². The Balaban J connectivity index is 2.31. The Morgan fingerprint density at radius 1 is 1.29 bits per heavy atom. The van der Waals surface area contributed by atoms with Crippen LogP contribution in [0.1, 0.15) is 15.9 Å². The lowest BCUT2D eigenvalue weighted by Gasteiger charge is -2.10. The van der Waals surface area contributed by atoms with Gasteiger partial charge >= 0.3 is 0 Å². The fourth-order valence-corrected chi connectivity index (χ4v) is 2.39. The van der Waals surface area contributed by atoms with Crippen molar-refractivity contribution in [1.29, 1.82) is 0 Å². The average molecular weight is 370 g/mol. The first-order chi connectivity index (χ1) is 9.77. The minimum absolute atomic E-state index is 0.0580. The monoisotopic (exact) mass is 369 g/mol. The minimum Gasteiger partial charge on any atom is -0.322 e. The van der Waals surface area contributed by atoms with Crippen LogP contribution < -0.4 is 10.5 Å². The van der Waals surface area contributed by atoms with E-state index in [4.69, 9.17) is 5.14 Å². The van der Waals surface area contributed by atoms with Gasteiger partial charge in [0.25, 0.3) is 5.91 Å². The van der Waals surface area contributed by atoms with Gasteiger partial charge in [-0.3, -0.25) is 4.79 Å². The number of hydrogen-bond acceptors (Lipinski definition) is 4. The first-order valence-electron chi connectivity index (χ1n) is 5.84. The summed E-state index contributed by atoms with van der Waals surface area (Å²) in [5.41, 5.74) is 1.47. The molecule has 0 radical (unpaired) electrons. The van der Waals surface area contributed by atoms with E-state index in [0.29, 0.717) is 15.9 Å². The van der Waals surface area contributed by atoms with Crippen LogP contribution in [0.15, 0.2) is 46.0 Å². The van der Waals surface area contributed by atoms with Crippen LogP contribution in [-0.4, -0.2) is 19.3 Å². The Bertz CT molecular complexity index is 789. The summed E-state index contributed by atoms with van der Waals surface area (Å²) < 4.78 is 23.3. The van der Waals surface area contributed by atoms with Crippen molar-refractivity contribution in [2.24, 2.45) is 5.14 Å². The summed E-state index contributed by atoms with van der Waals surface area (Å²) >= 11 is 3.18. The normalized spacial score (nSPS) is 11.2. The van der Waals surface area contributed by atoms with Crippen molar-refractivity contribution in [2.45, 2.75) is 11.8 Å². The molecule has 0 atom stereocenters. The van der Waals surface area contributed by atoms with Gasteiger partial charge in [-0.1, -0.05) is 6.07 Å². The van der Waals surface area contributed by atoms with E-state index in [1.54, 1.807) is 25.1 Å². The number of benzene rings is 1. The number of amides is 1. The highest BCUT2D eigenvalue weighted by Crippen LogP contribution is 2.20. The molecule has 1 aromatic heterocycles. The number of rotatable bonds is 3. The molecule has 1 heterocycles. The predicted octanol–water partition coefficient (Wildman–Crippen LogP) is 2.05. The molecule has 2 aromatic rings. The van der Waals surface area contributed by atoms with Crippen LogP contribution >= 0.6 is 15.9 Å². The summed E-state index contributed by atoms with van der Waals surface area (Å²) in [6.07, 6.45) is 1.41. The van der Waals surface area contributed by atoms with Crippen molar-refractivity contribution in [2.75, 3.05) is 5.32 Å². The predicted molar refractivity (Wildman–Crippen MR) is 82.4 cm³/mol. The Labute approximate surface area is 130 Å². The third kappa shape index (κ3) is 3.87. The Morgan fingerprint density at radius 3 is 2.57 bits per heavy atom. The Morgan fingerprint density at radius 2 is 2.00 bits per heavy atom. The average Bonchev–Trinajstić information content (AvgIpc) is 2.40. The molecule has 21 heavy (non-hydrogen) atoms. The summed E-state index contributed by atoms with van der Waals surface area (Å²) in [4.78, 5) is 16.0. The molecule has 0 aliphatic rings. The molecule has 0 aliphatic heterocycles. The number of carbonyl (C=O) groups excluding carboxylic acids is 1. The standard InChI is InChI=1S/C13H12BrN3O3S/c1-8-2-4-10(21(15,19)20)6-11(8)17-13(18)9-3-5-12(14)16-7-9/h2-7H,1H3,(H,17,18)(H2,15,19,20). The zero-order chi connectivity index (χ0) is 15.6. The maximum absolute atomic E-state index is 12.1. The Hall–Kier alpha value is -1.77. The van der Waals surface area contributed by atoms with Crippen molar-refractivity contribution in [3.8, 4) is 0 Å². The van der Waals surface area contributed by atoms with Crippen LogP contribution in [0.5, 0.6) is 0 Å². The zero-order valence-electron chi connectivity index (χ0n) is 11.0. The van der Waals surface area contributed by atoms with Gasteiger partial charge < -0.3 is 5.32 Å². The molecule has 110 valence electrons. The first-order valence-corrected chi connectivity index (χ1v) is 8.17. The number of primary sulfonamides is 1. The van der Waals surface area contributed by atoms with E-state index < -0.39 is 10.0 Å². The fourth-order valence-electron chi connectivity index (χ4n) is 1.62. The lowest BCUT2D eigenvalue weighted by atomic mass is 10.2. The molecular weight excluding hydrogens is 358 g/mol. The third-order valence-corrected chi connectivity index (χ3v) is 4.16. The number of nitrogens with one attached hydrogen (secondary N) is 1. The van der Waals surface area contributed by atoms with E-state index >= 15 is 0 Å². The van der Waals surface area contributed by atoms with Crippen LogP contribution in [0, 0.1) is 6.92 Å². The highest BCUT2D eigenvalue weighted by Gasteiger charge is 2.13. The quantitative estimate of drug-likeness (QED) is 0.808. The topological polar surface area (TPSA) is 102 Å². The minimum atomic E-state index is -3.82. The van der Waals surface area contributed by atoms with Crippen LogP contribution in [0.3, 0.4) is 0 Å². The van der Waals surface area contributed by atoms with Gasteiger partial charge in [-0.05, 0) is 52.7 Å². The molecule has 2 rings (SSSR count). The highest BCUT2D eigenvalue weighted by atomic mass is 79.9. The van der Waals surface area contributed by atoms with Gasteiger partial charge in [0.1, 0.15) is 4.60 Å². The number of nitrogens with zero attached hydrogens (tertiary/aromatic N) is 1. The van der Waals surface area contributed by atoms with Gasteiger partial charge in [0.15, 0.2) is 0 Å². The summed E-state index contributed by atoms with van der Waals surface area (Å²) in [6.45, 7) is 1.75. The number of pyridine rings is 1. The molecule has 6 nitrogen and oxygen atoms in total. The molecule has 0 unspecified atom stereocenters. The van der Waals surface area contributed by atoms with Crippen LogP contribution in [-0.2, 0) is 10.0 Å². The summed E-state index contributed by atoms with van der Waals surface area (Å²) in [7, 11) is -3.82. The van der Waals surface area contributed by atoms with Crippen LogP contribution in [0.25, 0.3) is 0 Å². The van der Waals surface area contributed by atoms with Gasteiger partial charge in [0, 0.05) is 11.9 Å². The van der Waals surface area contributed by atoms with Crippen LogP contribution in [0.2, 0.25) is 0 Å². The molecule has 0 saturated carbocycles. The van der Waals surface area contributed by atoms with E-state index in [1.165, 1.54) is 18.3 Å². The number of carbonyl (C=O) groups is 1. The van der Waals surface area contributed by atoms with E-state index in [2.05, 4.69) is 26.2 Å². The van der Waals surface area contributed by atoms with E-state index in [1.807, 2.05) is 0 Å². The number of nitrogens with two attached hydrogens (primary N) is 1. The van der Waals surface area contributed by atoms with E-state index in [0.717, 1.165) is 5.56 Å². The van der Waals surface area contributed by atoms with Gasteiger partial charge in [-0.2, -0.15) is 0 Å². The number of aromatic nitrogens is 1.